The van der Waals surface area contributed by atoms with E-state index in [0.717, 1.165) is 11.3 Å². The molecule has 32 heavy (non-hydrogen) atoms. The maximum Gasteiger partial charge on any atom is 0.229 e. The Bertz CT molecular complexity index is 1280. The third kappa shape index (κ3) is 2.75. The molecule has 0 aromatic carbocycles. The van der Waals surface area contributed by atoms with Crippen molar-refractivity contribution in [2.75, 3.05) is 19.4 Å². The van der Waals surface area contributed by atoms with Crippen LogP contribution < -0.4 is 10.6 Å². The lowest BCUT2D eigenvalue weighted by Gasteiger charge is -2.23. The number of amides is 1. The molecule has 0 aliphatic heterocycles. The number of aliphatic hydroxyl groups excluding tert-OH is 2. The summed E-state index contributed by atoms with van der Waals surface area (Å²) in [6.07, 6.45) is -0.233. The Labute approximate surface area is 184 Å². The molecule has 0 spiro atoms. The third-order valence-electron chi connectivity index (χ3n) is 6.77. The van der Waals surface area contributed by atoms with Gasteiger partial charge in [-0.15, -0.1) is 0 Å². The Kier molecular flexibility index (Phi) is 4.51. The summed E-state index contributed by atoms with van der Waals surface area (Å²) in [4.78, 5) is 25.9. The summed E-state index contributed by atoms with van der Waals surface area (Å²) in [6.45, 7) is 3.82. The highest BCUT2D eigenvalue weighted by Crippen LogP contribution is 2.67. The Morgan fingerprint density at radius 1 is 1.28 bits per heavy atom. The van der Waals surface area contributed by atoms with E-state index in [1.807, 2.05) is 19.9 Å². The normalized spacial score (nSPS) is 28.2. The van der Waals surface area contributed by atoms with Gasteiger partial charge in [0.2, 0.25) is 11.7 Å². The molecular weight excluding hydrogens is 412 g/mol. The minimum atomic E-state index is -1.16. The number of carbonyl (C=O) groups is 1. The molecule has 3 aromatic rings. The molecule has 2 saturated carbocycles. The van der Waals surface area contributed by atoms with Gasteiger partial charge in [-0.2, -0.15) is 0 Å². The van der Waals surface area contributed by atoms with Crippen LogP contribution in [0.2, 0.25) is 0 Å². The predicted octanol–water partition coefficient (Wildman–Crippen LogP) is 0.506. The van der Waals surface area contributed by atoms with Crippen LogP contribution in [0, 0.1) is 37.0 Å². The highest BCUT2D eigenvalue weighted by atomic mass is 16.3. The fraction of sp³-hybridized carbons (Fsp3) is 0.455. The molecule has 166 valence electrons. The van der Waals surface area contributed by atoms with Crippen LogP contribution in [0.1, 0.15) is 35.4 Å². The summed E-state index contributed by atoms with van der Waals surface area (Å²) in [5.74, 6) is 7.46. The van der Waals surface area contributed by atoms with E-state index in [4.69, 9.17) is 4.42 Å². The van der Waals surface area contributed by atoms with Crippen molar-refractivity contribution in [1.29, 1.82) is 0 Å². The Morgan fingerprint density at radius 2 is 2.06 bits per heavy atom. The molecule has 2 fully saturated rings. The van der Waals surface area contributed by atoms with Crippen LogP contribution in [0.4, 0.5) is 5.82 Å². The van der Waals surface area contributed by atoms with Crippen LogP contribution >= 0.6 is 0 Å². The van der Waals surface area contributed by atoms with Gasteiger partial charge in [-0.25, -0.2) is 15.0 Å². The SMILES string of the molecule is CNC(=O)[C@@]12C[C@@H]1[C@@H](n1cnc3c(NC)nc(C#Cc4cc(C)c(C)o4)nc31)[C@H](O)[C@@H]2O. The van der Waals surface area contributed by atoms with Gasteiger partial charge in [0.05, 0.1) is 23.9 Å². The highest BCUT2D eigenvalue weighted by molar-refractivity contribution is 5.88. The quantitative estimate of drug-likeness (QED) is 0.436. The minimum absolute atomic E-state index is 0.221. The van der Waals surface area contributed by atoms with Crippen molar-refractivity contribution in [3.05, 3.63) is 35.3 Å². The molecule has 3 heterocycles. The zero-order valence-electron chi connectivity index (χ0n) is 18.2. The number of carbonyl (C=O) groups excluding carboxylic acids is 1. The molecule has 3 aromatic heterocycles. The Balaban J connectivity index is 1.57. The zero-order valence-corrected chi connectivity index (χ0v) is 18.2. The maximum absolute atomic E-state index is 12.4. The van der Waals surface area contributed by atoms with Crippen molar-refractivity contribution in [1.82, 2.24) is 24.8 Å². The molecule has 2 aliphatic rings. The number of nitrogens with zero attached hydrogens (tertiary/aromatic N) is 4. The molecule has 4 N–H and O–H groups in total. The smallest absolute Gasteiger partial charge is 0.229 e. The summed E-state index contributed by atoms with van der Waals surface area (Å²) < 4.78 is 7.32. The van der Waals surface area contributed by atoms with Gasteiger partial charge in [0, 0.05) is 20.0 Å². The van der Waals surface area contributed by atoms with Gasteiger partial charge in [-0.05, 0) is 43.7 Å². The van der Waals surface area contributed by atoms with Gasteiger partial charge in [-0.1, -0.05) is 0 Å². The van der Waals surface area contributed by atoms with Crippen molar-refractivity contribution >= 4 is 22.9 Å². The van der Waals surface area contributed by atoms with E-state index in [0.29, 0.717) is 29.2 Å². The molecule has 0 radical (unpaired) electrons. The first kappa shape index (κ1) is 20.5. The molecule has 5 rings (SSSR count). The second kappa shape index (κ2) is 7.05. The number of rotatable bonds is 3. The Hall–Kier alpha value is -3.42. The third-order valence-corrected chi connectivity index (χ3v) is 6.77. The molecule has 0 saturated heterocycles. The first-order chi connectivity index (χ1) is 15.3. The van der Waals surface area contributed by atoms with Crippen LogP contribution in [0.5, 0.6) is 0 Å². The lowest BCUT2D eigenvalue weighted by molar-refractivity contribution is -0.132. The van der Waals surface area contributed by atoms with Crippen molar-refractivity contribution < 1.29 is 19.4 Å². The van der Waals surface area contributed by atoms with Crippen LogP contribution in [-0.2, 0) is 4.79 Å². The van der Waals surface area contributed by atoms with Gasteiger partial charge in [0.15, 0.2) is 22.7 Å². The molecule has 0 bridgehead atoms. The molecule has 10 nitrogen and oxygen atoms in total. The monoisotopic (exact) mass is 436 g/mol. The van der Waals surface area contributed by atoms with Crippen LogP contribution in [0.15, 0.2) is 16.8 Å². The van der Waals surface area contributed by atoms with E-state index in [1.165, 1.54) is 7.05 Å². The van der Waals surface area contributed by atoms with Gasteiger partial charge in [0.25, 0.3) is 0 Å². The average molecular weight is 436 g/mol. The second-order valence-electron chi connectivity index (χ2n) is 8.43. The number of aromatic nitrogens is 4. The topological polar surface area (TPSA) is 138 Å². The van der Waals surface area contributed by atoms with Crippen molar-refractivity contribution in [2.24, 2.45) is 11.3 Å². The summed E-state index contributed by atoms with van der Waals surface area (Å²) in [6, 6.07) is 1.31. The number of fused-ring (bicyclic) bond motifs is 2. The number of furan rings is 1. The molecular formula is C22H24N6O4. The first-order valence-corrected chi connectivity index (χ1v) is 10.4. The summed E-state index contributed by atoms with van der Waals surface area (Å²) in [5.41, 5.74) is 1.02. The van der Waals surface area contributed by atoms with E-state index < -0.39 is 23.7 Å². The fourth-order valence-corrected chi connectivity index (χ4v) is 4.90. The summed E-state index contributed by atoms with van der Waals surface area (Å²) >= 11 is 0. The number of hydrogen-bond donors (Lipinski definition) is 4. The highest BCUT2D eigenvalue weighted by Gasteiger charge is 2.75. The van der Waals surface area contributed by atoms with E-state index in [9.17, 15) is 15.0 Å². The van der Waals surface area contributed by atoms with E-state index in [2.05, 4.69) is 37.4 Å². The van der Waals surface area contributed by atoms with Gasteiger partial charge >= 0.3 is 0 Å². The van der Waals surface area contributed by atoms with E-state index in [1.54, 1.807) is 17.9 Å². The Morgan fingerprint density at radius 3 is 2.72 bits per heavy atom. The van der Waals surface area contributed by atoms with Crippen molar-refractivity contribution in [3.63, 3.8) is 0 Å². The minimum Gasteiger partial charge on any atom is -0.453 e. The first-order valence-electron chi connectivity index (χ1n) is 10.4. The average Bonchev–Trinajstić information content (AvgIpc) is 3.15. The van der Waals surface area contributed by atoms with Crippen LogP contribution in [-0.4, -0.2) is 61.9 Å². The number of aryl methyl sites for hydroxylation is 2. The zero-order chi connectivity index (χ0) is 22.8. The van der Waals surface area contributed by atoms with Gasteiger partial charge < -0.3 is 29.8 Å². The number of anilines is 1. The molecule has 1 amide bonds. The van der Waals surface area contributed by atoms with Crippen molar-refractivity contribution in [2.45, 2.75) is 38.5 Å². The number of aliphatic hydroxyl groups is 2. The van der Waals surface area contributed by atoms with Crippen LogP contribution in [0.25, 0.3) is 11.2 Å². The molecule has 2 aliphatic carbocycles. The fourth-order valence-electron chi connectivity index (χ4n) is 4.90. The molecule has 0 unspecified atom stereocenters. The van der Waals surface area contributed by atoms with Gasteiger partial charge in [0.1, 0.15) is 11.9 Å². The predicted molar refractivity (Wildman–Crippen MR) is 115 cm³/mol. The van der Waals surface area contributed by atoms with Crippen LogP contribution in [0.3, 0.4) is 0 Å². The standard InChI is InChI=1S/C22H24N6O4/c1-10-7-12(32-11(10)2)5-6-14-26-19(23-3)15-20(27-14)28(9-25-15)16-13-8-22(13,21(31)24-4)18(30)17(16)29/h7,9,13,16-18,29-30H,8H2,1-4H3,(H,24,31)(H,23,26,27)/t13-,16-,17+,18+,22+/m1/s1. The summed E-state index contributed by atoms with van der Waals surface area (Å²) in [7, 11) is 3.26. The molecule has 5 atom stereocenters. The lowest BCUT2D eigenvalue weighted by atomic mass is 9.98. The van der Waals surface area contributed by atoms with E-state index >= 15 is 0 Å². The second-order valence-corrected chi connectivity index (χ2v) is 8.43. The largest absolute Gasteiger partial charge is 0.453 e. The number of hydrogen-bond acceptors (Lipinski definition) is 8. The maximum atomic E-state index is 12.4. The summed E-state index contributed by atoms with van der Waals surface area (Å²) in [5, 5.41) is 27.1. The lowest BCUT2D eigenvalue weighted by Crippen LogP contribution is -2.41. The van der Waals surface area contributed by atoms with Gasteiger partial charge in [-0.3, -0.25) is 4.79 Å². The number of nitrogens with one attached hydrogen (secondary N) is 2. The van der Waals surface area contributed by atoms with Crippen molar-refractivity contribution in [3.8, 4) is 11.8 Å². The van der Waals surface area contributed by atoms with E-state index in [-0.39, 0.29) is 17.6 Å². The number of imidazole rings is 1. The molecule has 10 heteroatoms.